The molecule has 0 aliphatic heterocycles. The molecular weight excluding hydrogens is 246 g/mol. The van der Waals surface area contributed by atoms with Crippen LogP contribution in [0.2, 0.25) is 0 Å². The number of nitrogens with one attached hydrogen (secondary N) is 1. The van der Waals surface area contributed by atoms with Crippen molar-refractivity contribution < 1.29 is 8.42 Å². The molecule has 0 saturated heterocycles. The van der Waals surface area contributed by atoms with Gasteiger partial charge in [0.1, 0.15) is 0 Å². The zero-order valence-electron chi connectivity index (χ0n) is 12.9. The normalized spacial score (nSPS) is 16.2. The van der Waals surface area contributed by atoms with Gasteiger partial charge in [-0.15, -0.1) is 0 Å². The first-order valence-corrected chi connectivity index (χ1v) is 8.14. The Balaban J connectivity index is 4.34. The molecule has 0 aliphatic rings. The third-order valence-electron chi connectivity index (χ3n) is 2.87. The van der Waals surface area contributed by atoms with Crippen LogP contribution >= 0.6 is 0 Å². The van der Waals surface area contributed by atoms with Crippen LogP contribution in [0.1, 0.15) is 54.9 Å². The molecule has 0 unspecified atom stereocenters. The van der Waals surface area contributed by atoms with Crippen LogP contribution in [0, 0.1) is 10.8 Å². The van der Waals surface area contributed by atoms with E-state index in [9.17, 15) is 8.42 Å². The molecule has 1 atom stereocenters. The summed E-state index contributed by atoms with van der Waals surface area (Å²) in [5.74, 6) is 0.0590. The summed E-state index contributed by atoms with van der Waals surface area (Å²) in [6, 6.07) is -0.0708. The van der Waals surface area contributed by atoms with Gasteiger partial charge in [-0.3, -0.25) is 0 Å². The third kappa shape index (κ3) is 8.70. The summed E-state index contributed by atoms with van der Waals surface area (Å²) in [6.45, 7) is 14.4. The Hall–Kier alpha value is -0.350. The minimum absolute atomic E-state index is 0.0590. The van der Waals surface area contributed by atoms with Crippen molar-refractivity contribution >= 4 is 10.0 Å². The van der Waals surface area contributed by atoms with E-state index in [0.29, 0.717) is 0 Å². The summed E-state index contributed by atoms with van der Waals surface area (Å²) in [6.07, 6.45) is 4.57. The maximum atomic E-state index is 11.8. The Morgan fingerprint density at radius 2 is 1.56 bits per heavy atom. The average Bonchev–Trinajstić information content (AvgIpc) is 2.08. The molecule has 0 aromatic rings. The quantitative estimate of drug-likeness (QED) is 0.782. The molecule has 0 heterocycles. The van der Waals surface area contributed by atoms with Crippen LogP contribution in [0.25, 0.3) is 0 Å². The predicted octanol–water partition coefficient (Wildman–Crippen LogP) is 3.33. The number of rotatable bonds is 5. The van der Waals surface area contributed by atoms with Crippen molar-refractivity contribution in [2.24, 2.45) is 10.8 Å². The van der Waals surface area contributed by atoms with E-state index in [2.05, 4.69) is 25.5 Å². The second kappa shape index (κ2) is 6.20. The van der Waals surface area contributed by atoms with Crippen LogP contribution in [0.5, 0.6) is 0 Å². The summed E-state index contributed by atoms with van der Waals surface area (Å²) in [5.41, 5.74) is 0.134. The van der Waals surface area contributed by atoms with Crippen molar-refractivity contribution in [3.8, 4) is 0 Å². The van der Waals surface area contributed by atoms with E-state index < -0.39 is 10.0 Å². The summed E-state index contributed by atoms with van der Waals surface area (Å²) in [5, 5.41) is 0. The van der Waals surface area contributed by atoms with Crippen LogP contribution in [0.15, 0.2) is 12.2 Å². The van der Waals surface area contributed by atoms with Gasteiger partial charge in [-0.25, -0.2) is 13.1 Å². The van der Waals surface area contributed by atoms with Crippen LogP contribution in [-0.4, -0.2) is 20.2 Å². The molecule has 0 spiro atoms. The lowest BCUT2D eigenvalue weighted by Gasteiger charge is -2.27. The predicted molar refractivity (Wildman–Crippen MR) is 79.1 cm³/mol. The first-order valence-electron chi connectivity index (χ1n) is 6.48. The number of hydrogen-bond acceptors (Lipinski definition) is 2. The van der Waals surface area contributed by atoms with Crippen molar-refractivity contribution in [3.63, 3.8) is 0 Å². The summed E-state index contributed by atoms with van der Waals surface area (Å²) in [7, 11) is -3.22. The third-order valence-corrected chi connectivity index (χ3v) is 4.21. The molecule has 3 nitrogen and oxygen atoms in total. The van der Waals surface area contributed by atoms with Gasteiger partial charge in [0.25, 0.3) is 0 Å². The van der Waals surface area contributed by atoms with Gasteiger partial charge in [0.15, 0.2) is 0 Å². The zero-order valence-corrected chi connectivity index (χ0v) is 13.7. The highest BCUT2D eigenvalue weighted by Crippen LogP contribution is 2.20. The van der Waals surface area contributed by atoms with E-state index in [4.69, 9.17) is 0 Å². The van der Waals surface area contributed by atoms with Gasteiger partial charge in [-0.05, 0) is 24.2 Å². The van der Waals surface area contributed by atoms with E-state index in [1.54, 1.807) is 6.08 Å². The van der Waals surface area contributed by atoms with Crippen molar-refractivity contribution in [1.82, 2.24) is 4.72 Å². The van der Waals surface area contributed by atoms with Gasteiger partial charge in [-0.1, -0.05) is 53.7 Å². The molecule has 0 rings (SSSR count). The molecule has 0 aliphatic carbocycles. The van der Waals surface area contributed by atoms with E-state index in [1.807, 2.05) is 33.8 Å². The van der Waals surface area contributed by atoms with Crippen molar-refractivity contribution in [3.05, 3.63) is 12.2 Å². The largest absolute Gasteiger partial charge is 0.215 e. The molecule has 0 bridgehead atoms. The monoisotopic (exact) mass is 275 g/mol. The number of allylic oxidation sites excluding steroid dienone is 1. The lowest BCUT2D eigenvalue weighted by Crippen LogP contribution is -2.42. The van der Waals surface area contributed by atoms with E-state index >= 15 is 0 Å². The maximum Gasteiger partial charge on any atom is 0.215 e. The Kier molecular flexibility index (Phi) is 6.08. The van der Waals surface area contributed by atoms with Crippen molar-refractivity contribution in [2.45, 2.75) is 60.9 Å². The highest BCUT2D eigenvalue weighted by atomic mass is 32.2. The highest BCUT2D eigenvalue weighted by molar-refractivity contribution is 7.89. The molecule has 0 aromatic heterocycles. The summed E-state index contributed by atoms with van der Waals surface area (Å²) in [4.78, 5) is 0. The smallest absolute Gasteiger partial charge is 0.212 e. The van der Waals surface area contributed by atoms with Gasteiger partial charge >= 0.3 is 0 Å². The minimum atomic E-state index is -3.22. The number of hydrogen-bond donors (Lipinski definition) is 1. The van der Waals surface area contributed by atoms with Gasteiger partial charge < -0.3 is 0 Å². The number of sulfonamides is 1. The Labute approximate surface area is 113 Å². The average molecular weight is 275 g/mol. The fraction of sp³-hybridized carbons (Fsp3) is 0.857. The zero-order chi connectivity index (χ0) is 14.6. The molecule has 1 N–H and O–H groups in total. The topological polar surface area (TPSA) is 46.2 Å². The summed E-state index contributed by atoms with van der Waals surface area (Å²) < 4.78 is 26.4. The molecule has 0 saturated carbocycles. The highest BCUT2D eigenvalue weighted by Gasteiger charge is 2.24. The van der Waals surface area contributed by atoms with Crippen LogP contribution in [-0.2, 0) is 10.0 Å². The fourth-order valence-corrected chi connectivity index (χ4v) is 2.50. The lowest BCUT2D eigenvalue weighted by atomic mass is 9.89. The van der Waals surface area contributed by atoms with Crippen LogP contribution in [0.4, 0.5) is 0 Å². The Morgan fingerprint density at radius 3 is 1.94 bits per heavy atom. The standard InChI is InChI=1S/C14H29NO2S/c1-12(14(5,6)7)15-18(16,17)11-9-8-10-13(2,3)4/h8-9,12,15H,10-11H2,1-7H3/b9-8+/t12-/m1/s1. The van der Waals surface area contributed by atoms with E-state index in [-0.39, 0.29) is 22.6 Å². The van der Waals surface area contributed by atoms with E-state index in [1.165, 1.54) is 0 Å². The van der Waals surface area contributed by atoms with Gasteiger partial charge in [-0.2, -0.15) is 0 Å². The molecule has 0 radical (unpaired) electrons. The summed E-state index contributed by atoms with van der Waals surface area (Å²) >= 11 is 0. The Bertz CT molecular complexity index is 370. The van der Waals surface area contributed by atoms with Gasteiger partial charge in [0.2, 0.25) is 10.0 Å². The molecule has 108 valence electrons. The first-order chi connectivity index (χ1) is 7.83. The Morgan fingerprint density at radius 1 is 1.06 bits per heavy atom. The van der Waals surface area contributed by atoms with Gasteiger partial charge in [0.05, 0.1) is 5.75 Å². The van der Waals surface area contributed by atoms with Crippen LogP contribution in [0.3, 0.4) is 0 Å². The lowest BCUT2D eigenvalue weighted by molar-refractivity contribution is 0.318. The van der Waals surface area contributed by atoms with Gasteiger partial charge in [0, 0.05) is 6.04 Å². The van der Waals surface area contributed by atoms with E-state index in [0.717, 1.165) is 6.42 Å². The SMILES string of the molecule is C[C@@H](NS(=O)(=O)C/C=C/CC(C)(C)C)C(C)(C)C. The second-order valence-corrected chi connectivity index (χ2v) is 9.02. The molecule has 18 heavy (non-hydrogen) atoms. The molecular formula is C14H29NO2S. The van der Waals surface area contributed by atoms with Crippen molar-refractivity contribution in [2.75, 3.05) is 5.75 Å². The maximum absolute atomic E-state index is 11.8. The first kappa shape index (κ1) is 17.6. The molecule has 0 fully saturated rings. The van der Waals surface area contributed by atoms with Crippen LogP contribution < -0.4 is 4.72 Å². The molecule has 0 amide bonds. The van der Waals surface area contributed by atoms with Crippen molar-refractivity contribution in [1.29, 1.82) is 0 Å². The second-order valence-electron chi connectivity index (χ2n) is 7.22. The minimum Gasteiger partial charge on any atom is -0.212 e. The fourth-order valence-electron chi connectivity index (χ4n) is 1.13. The molecule has 0 aromatic carbocycles. The molecule has 4 heteroatoms.